The molecule has 0 atom stereocenters. The zero-order valence-corrected chi connectivity index (χ0v) is 8.93. The molecule has 0 aliphatic heterocycles. The average Bonchev–Trinajstić information content (AvgIpc) is 2.83. The van der Waals surface area contributed by atoms with Gasteiger partial charge < -0.3 is 11.1 Å². The molecule has 0 unspecified atom stereocenters. The second kappa shape index (κ2) is 3.19. The lowest BCUT2D eigenvalue weighted by molar-refractivity contribution is 0.610. The highest BCUT2D eigenvalue weighted by atomic mass is 14.9. The molecule has 0 spiro atoms. The van der Waals surface area contributed by atoms with Crippen molar-refractivity contribution >= 4 is 11.4 Å². The van der Waals surface area contributed by atoms with Gasteiger partial charge in [0.15, 0.2) is 0 Å². The van der Waals surface area contributed by atoms with Crippen LogP contribution in [0.3, 0.4) is 0 Å². The molecule has 2 nitrogen and oxygen atoms in total. The highest BCUT2D eigenvalue weighted by molar-refractivity contribution is 5.57. The molecule has 14 heavy (non-hydrogen) atoms. The Bertz CT molecular complexity index is 340. The molecule has 0 heterocycles. The standard InChI is InChI=1S/C12H18N2/c1-9-7-10(13)3-4-11(9)14-8-12(2)5-6-12/h3-4,7,14H,5-6,8,13H2,1-2H3. The van der Waals surface area contributed by atoms with E-state index < -0.39 is 0 Å². The third kappa shape index (κ3) is 2.00. The molecule has 1 aliphatic rings. The van der Waals surface area contributed by atoms with E-state index in [0.717, 1.165) is 12.2 Å². The summed E-state index contributed by atoms with van der Waals surface area (Å²) in [6.07, 6.45) is 2.71. The molecule has 76 valence electrons. The van der Waals surface area contributed by atoms with E-state index in [2.05, 4.69) is 25.2 Å². The summed E-state index contributed by atoms with van der Waals surface area (Å²) in [5.41, 5.74) is 9.53. The Morgan fingerprint density at radius 2 is 2.14 bits per heavy atom. The molecule has 1 aliphatic carbocycles. The first-order valence-corrected chi connectivity index (χ1v) is 5.19. The minimum Gasteiger partial charge on any atom is -0.399 e. The molecule has 0 amide bonds. The fourth-order valence-electron chi connectivity index (χ4n) is 1.58. The molecule has 2 rings (SSSR count). The van der Waals surface area contributed by atoms with Crippen molar-refractivity contribution < 1.29 is 0 Å². The molecule has 0 bridgehead atoms. The van der Waals surface area contributed by atoms with Crippen LogP contribution in [-0.2, 0) is 0 Å². The number of nitrogens with one attached hydrogen (secondary N) is 1. The summed E-state index contributed by atoms with van der Waals surface area (Å²) in [5, 5.41) is 3.49. The highest BCUT2D eigenvalue weighted by Gasteiger charge is 2.36. The molecule has 0 saturated heterocycles. The summed E-state index contributed by atoms with van der Waals surface area (Å²) >= 11 is 0. The zero-order chi connectivity index (χ0) is 10.2. The van der Waals surface area contributed by atoms with Gasteiger partial charge in [0.25, 0.3) is 0 Å². The van der Waals surface area contributed by atoms with Crippen LogP contribution in [0.25, 0.3) is 0 Å². The minimum atomic E-state index is 0.549. The van der Waals surface area contributed by atoms with E-state index in [1.54, 1.807) is 0 Å². The van der Waals surface area contributed by atoms with Crippen LogP contribution in [0, 0.1) is 12.3 Å². The van der Waals surface area contributed by atoms with Crippen LogP contribution in [0.1, 0.15) is 25.3 Å². The second-order valence-corrected chi connectivity index (χ2v) is 4.74. The number of hydrogen-bond acceptors (Lipinski definition) is 2. The van der Waals surface area contributed by atoms with Crippen molar-refractivity contribution in [3.63, 3.8) is 0 Å². The maximum absolute atomic E-state index is 5.69. The van der Waals surface area contributed by atoms with Gasteiger partial charge in [0.2, 0.25) is 0 Å². The Hall–Kier alpha value is -1.18. The summed E-state index contributed by atoms with van der Waals surface area (Å²) < 4.78 is 0. The number of rotatable bonds is 3. The Kier molecular flexibility index (Phi) is 2.14. The second-order valence-electron chi connectivity index (χ2n) is 4.74. The normalized spacial score (nSPS) is 17.9. The van der Waals surface area contributed by atoms with Crippen LogP contribution in [0.5, 0.6) is 0 Å². The molecular weight excluding hydrogens is 172 g/mol. The number of aryl methyl sites for hydroxylation is 1. The molecule has 1 fully saturated rings. The Morgan fingerprint density at radius 1 is 1.43 bits per heavy atom. The summed E-state index contributed by atoms with van der Waals surface area (Å²) in [6.45, 7) is 5.50. The quantitative estimate of drug-likeness (QED) is 0.719. The van der Waals surface area contributed by atoms with Crippen LogP contribution in [-0.4, -0.2) is 6.54 Å². The Labute approximate surface area is 85.5 Å². The maximum Gasteiger partial charge on any atom is 0.0371 e. The minimum absolute atomic E-state index is 0.549. The maximum atomic E-state index is 5.69. The molecule has 3 N–H and O–H groups in total. The van der Waals surface area contributed by atoms with E-state index >= 15 is 0 Å². The summed E-state index contributed by atoms with van der Waals surface area (Å²) in [6, 6.07) is 6.03. The van der Waals surface area contributed by atoms with E-state index in [9.17, 15) is 0 Å². The van der Waals surface area contributed by atoms with E-state index in [-0.39, 0.29) is 0 Å². The van der Waals surface area contributed by atoms with Crippen molar-refractivity contribution in [1.29, 1.82) is 0 Å². The van der Waals surface area contributed by atoms with Crippen molar-refractivity contribution in [2.45, 2.75) is 26.7 Å². The number of nitrogens with two attached hydrogens (primary N) is 1. The van der Waals surface area contributed by atoms with Gasteiger partial charge >= 0.3 is 0 Å². The third-order valence-corrected chi connectivity index (χ3v) is 3.06. The van der Waals surface area contributed by atoms with Crippen LogP contribution in [0.15, 0.2) is 18.2 Å². The van der Waals surface area contributed by atoms with Gasteiger partial charge in [-0.2, -0.15) is 0 Å². The van der Waals surface area contributed by atoms with Crippen molar-refractivity contribution in [2.75, 3.05) is 17.6 Å². The molecule has 0 radical (unpaired) electrons. The topological polar surface area (TPSA) is 38.0 Å². The molecule has 0 aromatic heterocycles. The van der Waals surface area contributed by atoms with Crippen LogP contribution in [0.2, 0.25) is 0 Å². The van der Waals surface area contributed by atoms with Gasteiger partial charge in [-0.25, -0.2) is 0 Å². The Morgan fingerprint density at radius 3 is 2.71 bits per heavy atom. The van der Waals surface area contributed by atoms with Crippen molar-refractivity contribution in [2.24, 2.45) is 5.41 Å². The van der Waals surface area contributed by atoms with Gasteiger partial charge in [0, 0.05) is 17.9 Å². The van der Waals surface area contributed by atoms with E-state index in [1.807, 2.05) is 12.1 Å². The molecule has 1 aromatic carbocycles. The average molecular weight is 190 g/mol. The highest BCUT2D eigenvalue weighted by Crippen LogP contribution is 2.44. The summed E-state index contributed by atoms with van der Waals surface area (Å²) in [4.78, 5) is 0. The Balaban J connectivity index is 2.02. The lowest BCUT2D eigenvalue weighted by Crippen LogP contribution is -2.12. The largest absolute Gasteiger partial charge is 0.399 e. The van der Waals surface area contributed by atoms with Gasteiger partial charge in [-0.05, 0) is 48.9 Å². The van der Waals surface area contributed by atoms with Crippen LogP contribution >= 0.6 is 0 Å². The zero-order valence-electron chi connectivity index (χ0n) is 8.93. The van der Waals surface area contributed by atoms with Crippen LogP contribution in [0.4, 0.5) is 11.4 Å². The smallest absolute Gasteiger partial charge is 0.0371 e. The van der Waals surface area contributed by atoms with Crippen molar-refractivity contribution in [1.82, 2.24) is 0 Å². The van der Waals surface area contributed by atoms with Gasteiger partial charge in [0.1, 0.15) is 0 Å². The molecule has 1 aromatic rings. The monoisotopic (exact) mass is 190 g/mol. The SMILES string of the molecule is Cc1cc(N)ccc1NCC1(C)CC1. The van der Waals surface area contributed by atoms with Crippen LogP contribution < -0.4 is 11.1 Å². The number of anilines is 2. The van der Waals surface area contributed by atoms with E-state index in [4.69, 9.17) is 5.73 Å². The van der Waals surface area contributed by atoms with Gasteiger partial charge in [-0.15, -0.1) is 0 Å². The van der Waals surface area contributed by atoms with Gasteiger partial charge in [-0.3, -0.25) is 0 Å². The predicted molar refractivity (Wildman–Crippen MR) is 61.4 cm³/mol. The van der Waals surface area contributed by atoms with Crippen molar-refractivity contribution in [3.05, 3.63) is 23.8 Å². The van der Waals surface area contributed by atoms with Gasteiger partial charge in [-0.1, -0.05) is 6.92 Å². The van der Waals surface area contributed by atoms with E-state index in [1.165, 1.54) is 24.1 Å². The lowest BCUT2D eigenvalue weighted by atomic mass is 10.1. The van der Waals surface area contributed by atoms with E-state index in [0.29, 0.717) is 5.41 Å². The lowest BCUT2D eigenvalue weighted by Gasteiger charge is -2.13. The molecular formula is C12H18N2. The number of hydrogen-bond donors (Lipinski definition) is 2. The summed E-state index contributed by atoms with van der Waals surface area (Å²) in [5.74, 6) is 0. The first-order valence-electron chi connectivity index (χ1n) is 5.19. The number of benzene rings is 1. The fourth-order valence-corrected chi connectivity index (χ4v) is 1.58. The van der Waals surface area contributed by atoms with Gasteiger partial charge in [0.05, 0.1) is 0 Å². The van der Waals surface area contributed by atoms with Crippen molar-refractivity contribution in [3.8, 4) is 0 Å². The molecule has 1 saturated carbocycles. The number of nitrogen functional groups attached to an aromatic ring is 1. The molecule has 2 heteroatoms. The first kappa shape index (κ1) is 9.38. The third-order valence-electron chi connectivity index (χ3n) is 3.06. The fraction of sp³-hybridized carbons (Fsp3) is 0.500. The predicted octanol–water partition coefficient (Wildman–Crippen LogP) is 2.79. The summed E-state index contributed by atoms with van der Waals surface area (Å²) in [7, 11) is 0. The first-order chi connectivity index (χ1) is 6.59.